The average Bonchev–Trinajstić information content (AvgIpc) is 3.13. The molecule has 0 saturated heterocycles. The minimum absolute atomic E-state index is 0.175. The number of hydrogen-bond donors (Lipinski definition) is 2. The van der Waals surface area contributed by atoms with Gasteiger partial charge in [0.15, 0.2) is 5.96 Å². The van der Waals surface area contributed by atoms with Crippen LogP contribution in [0.5, 0.6) is 0 Å². The molecule has 3 rings (SSSR count). The second-order valence-corrected chi connectivity index (χ2v) is 6.34. The van der Waals surface area contributed by atoms with Crippen LogP contribution >= 0.6 is 0 Å². The molecule has 27 heavy (non-hydrogen) atoms. The fourth-order valence-corrected chi connectivity index (χ4v) is 2.79. The molecule has 0 aliphatic rings. The summed E-state index contributed by atoms with van der Waals surface area (Å²) in [5.41, 5.74) is 2.28. The van der Waals surface area contributed by atoms with Crippen molar-refractivity contribution in [3.05, 3.63) is 78.0 Å². The van der Waals surface area contributed by atoms with Crippen LogP contribution in [0.3, 0.4) is 0 Å². The standard InChI is InChI=1S/C21H26N6/c1-4-22-21(26-16(2)19-8-6-5-7-9-19)25-15-18-10-11-20(24-14-18)27-13-12-23-17(27)3/h5-14,16H,4,15H2,1-3H3,(H2,22,25,26). The highest BCUT2D eigenvalue weighted by atomic mass is 15.2. The van der Waals surface area contributed by atoms with Crippen molar-refractivity contribution >= 4 is 5.96 Å². The third-order valence-corrected chi connectivity index (χ3v) is 4.30. The van der Waals surface area contributed by atoms with Gasteiger partial charge in [-0.05, 0) is 38.0 Å². The summed E-state index contributed by atoms with van der Waals surface area (Å²) in [4.78, 5) is 13.5. The zero-order valence-electron chi connectivity index (χ0n) is 16.1. The predicted molar refractivity (Wildman–Crippen MR) is 109 cm³/mol. The molecule has 3 aromatic rings. The molecular weight excluding hydrogens is 336 g/mol. The molecule has 2 aromatic heterocycles. The number of aryl methyl sites for hydroxylation is 1. The molecule has 0 saturated carbocycles. The first-order valence-corrected chi connectivity index (χ1v) is 9.22. The molecule has 1 unspecified atom stereocenters. The average molecular weight is 362 g/mol. The first kappa shape index (κ1) is 18.6. The Morgan fingerprint density at radius 1 is 1.15 bits per heavy atom. The molecule has 2 N–H and O–H groups in total. The molecule has 2 heterocycles. The van der Waals surface area contributed by atoms with Gasteiger partial charge in [0.25, 0.3) is 0 Å². The third-order valence-electron chi connectivity index (χ3n) is 4.30. The van der Waals surface area contributed by atoms with Crippen molar-refractivity contribution in [3.63, 3.8) is 0 Å². The van der Waals surface area contributed by atoms with E-state index in [1.54, 1.807) is 6.20 Å². The van der Waals surface area contributed by atoms with E-state index in [2.05, 4.69) is 52.6 Å². The van der Waals surface area contributed by atoms with E-state index in [-0.39, 0.29) is 6.04 Å². The zero-order valence-corrected chi connectivity index (χ0v) is 16.1. The fourth-order valence-electron chi connectivity index (χ4n) is 2.79. The molecule has 0 radical (unpaired) electrons. The van der Waals surface area contributed by atoms with Crippen molar-refractivity contribution in [2.45, 2.75) is 33.4 Å². The van der Waals surface area contributed by atoms with Gasteiger partial charge < -0.3 is 10.6 Å². The van der Waals surface area contributed by atoms with Gasteiger partial charge in [0.05, 0.1) is 12.6 Å². The lowest BCUT2D eigenvalue weighted by Crippen LogP contribution is -2.38. The molecule has 0 aliphatic carbocycles. The molecule has 6 heteroatoms. The number of nitrogens with one attached hydrogen (secondary N) is 2. The van der Waals surface area contributed by atoms with Gasteiger partial charge in [-0.15, -0.1) is 0 Å². The minimum atomic E-state index is 0.175. The Morgan fingerprint density at radius 3 is 2.59 bits per heavy atom. The lowest BCUT2D eigenvalue weighted by molar-refractivity contribution is 0.686. The van der Waals surface area contributed by atoms with E-state index in [9.17, 15) is 0 Å². The van der Waals surface area contributed by atoms with E-state index in [1.807, 2.05) is 48.1 Å². The highest BCUT2D eigenvalue weighted by molar-refractivity contribution is 5.80. The third kappa shape index (κ3) is 4.94. The van der Waals surface area contributed by atoms with Crippen LogP contribution in [0.15, 0.2) is 66.0 Å². The Balaban J connectivity index is 1.67. The first-order chi connectivity index (χ1) is 13.2. The minimum Gasteiger partial charge on any atom is -0.357 e. The molecule has 0 aliphatic heterocycles. The Morgan fingerprint density at radius 2 is 1.96 bits per heavy atom. The van der Waals surface area contributed by atoms with E-state index >= 15 is 0 Å². The predicted octanol–water partition coefficient (Wildman–Crippen LogP) is 3.39. The van der Waals surface area contributed by atoms with Gasteiger partial charge in [-0.2, -0.15) is 0 Å². The highest BCUT2D eigenvalue weighted by Crippen LogP contribution is 2.12. The lowest BCUT2D eigenvalue weighted by Gasteiger charge is -2.18. The Kier molecular flexibility index (Phi) is 6.20. The zero-order chi connectivity index (χ0) is 19.1. The van der Waals surface area contributed by atoms with Crippen LogP contribution in [0.1, 0.15) is 36.8 Å². The second-order valence-electron chi connectivity index (χ2n) is 6.34. The number of guanidine groups is 1. The molecular formula is C21H26N6. The van der Waals surface area contributed by atoms with Crippen LogP contribution in [0.4, 0.5) is 0 Å². The summed E-state index contributed by atoms with van der Waals surface area (Å²) in [6.07, 6.45) is 5.55. The quantitative estimate of drug-likeness (QED) is 0.521. The van der Waals surface area contributed by atoms with Gasteiger partial charge in [0.2, 0.25) is 0 Å². The fraction of sp³-hybridized carbons (Fsp3) is 0.286. The van der Waals surface area contributed by atoms with Crippen molar-refractivity contribution in [2.75, 3.05) is 6.54 Å². The van der Waals surface area contributed by atoms with Gasteiger partial charge in [0, 0.05) is 25.1 Å². The summed E-state index contributed by atoms with van der Waals surface area (Å²) in [5.74, 6) is 2.57. The van der Waals surface area contributed by atoms with Crippen molar-refractivity contribution in [1.29, 1.82) is 0 Å². The van der Waals surface area contributed by atoms with Crippen LogP contribution in [0, 0.1) is 6.92 Å². The smallest absolute Gasteiger partial charge is 0.192 e. The van der Waals surface area contributed by atoms with Gasteiger partial charge in [0.1, 0.15) is 11.6 Å². The number of imidazole rings is 1. The summed E-state index contributed by atoms with van der Waals surface area (Å²) in [6, 6.07) is 14.6. The molecule has 0 spiro atoms. The monoisotopic (exact) mass is 362 g/mol. The summed E-state index contributed by atoms with van der Waals surface area (Å²) < 4.78 is 1.96. The Bertz CT molecular complexity index is 867. The van der Waals surface area contributed by atoms with Crippen molar-refractivity contribution in [3.8, 4) is 5.82 Å². The number of pyridine rings is 1. The number of aromatic nitrogens is 3. The maximum Gasteiger partial charge on any atom is 0.192 e. The molecule has 1 aromatic carbocycles. The van der Waals surface area contributed by atoms with Crippen LogP contribution in [-0.4, -0.2) is 27.0 Å². The van der Waals surface area contributed by atoms with Crippen molar-refractivity contribution < 1.29 is 0 Å². The number of benzene rings is 1. The number of hydrogen-bond acceptors (Lipinski definition) is 3. The van der Waals surface area contributed by atoms with Crippen LogP contribution in [-0.2, 0) is 6.54 Å². The maximum atomic E-state index is 4.69. The molecule has 140 valence electrons. The summed E-state index contributed by atoms with van der Waals surface area (Å²) in [7, 11) is 0. The largest absolute Gasteiger partial charge is 0.357 e. The Hall–Kier alpha value is -3.15. The van der Waals surface area contributed by atoms with Crippen LogP contribution in [0.2, 0.25) is 0 Å². The van der Waals surface area contributed by atoms with Crippen LogP contribution in [0.25, 0.3) is 5.82 Å². The summed E-state index contributed by atoms with van der Waals surface area (Å²) in [5, 5.41) is 6.75. The summed E-state index contributed by atoms with van der Waals surface area (Å²) >= 11 is 0. The highest BCUT2D eigenvalue weighted by Gasteiger charge is 2.07. The molecule has 0 fully saturated rings. The molecule has 0 amide bonds. The van der Waals surface area contributed by atoms with Crippen molar-refractivity contribution in [1.82, 2.24) is 25.2 Å². The van der Waals surface area contributed by atoms with E-state index in [0.717, 1.165) is 29.7 Å². The van der Waals surface area contributed by atoms with Gasteiger partial charge in [-0.25, -0.2) is 15.0 Å². The van der Waals surface area contributed by atoms with E-state index in [0.29, 0.717) is 6.54 Å². The molecule has 6 nitrogen and oxygen atoms in total. The van der Waals surface area contributed by atoms with E-state index < -0.39 is 0 Å². The van der Waals surface area contributed by atoms with E-state index in [4.69, 9.17) is 4.99 Å². The number of nitrogens with zero attached hydrogens (tertiary/aromatic N) is 4. The lowest BCUT2D eigenvalue weighted by atomic mass is 10.1. The SMILES string of the molecule is CCNC(=NCc1ccc(-n2ccnc2C)nc1)NC(C)c1ccccc1. The van der Waals surface area contributed by atoms with Crippen molar-refractivity contribution in [2.24, 2.45) is 4.99 Å². The van der Waals surface area contributed by atoms with Crippen LogP contribution < -0.4 is 10.6 Å². The topological polar surface area (TPSA) is 67.1 Å². The molecule has 1 atom stereocenters. The second kappa shape index (κ2) is 8.98. The van der Waals surface area contributed by atoms with Gasteiger partial charge in [-0.3, -0.25) is 4.57 Å². The van der Waals surface area contributed by atoms with E-state index in [1.165, 1.54) is 5.56 Å². The first-order valence-electron chi connectivity index (χ1n) is 9.22. The Labute approximate surface area is 160 Å². The molecule has 0 bridgehead atoms. The summed E-state index contributed by atoms with van der Waals surface area (Å²) in [6.45, 7) is 7.53. The maximum absolute atomic E-state index is 4.69. The normalized spacial score (nSPS) is 12.6. The van der Waals surface area contributed by atoms with Gasteiger partial charge >= 0.3 is 0 Å². The van der Waals surface area contributed by atoms with Gasteiger partial charge in [-0.1, -0.05) is 36.4 Å². The number of aliphatic imine (C=N–C) groups is 1. The number of rotatable bonds is 6.